The van der Waals surface area contributed by atoms with E-state index in [-0.39, 0.29) is 11.6 Å². The van der Waals surface area contributed by atoms with Crippen LogP contribution in [-0.2, 0) is 6.18 Å². The van der Waals surface area contributed by atoms with Crippen molar-refractivity contribution in [3.05, 3.63) is 11.3 Å². The van der Waals surface area contributed by atoms with Crippen molar-refractivity contribution in [3.63, 3.8) is 0 Å². The zero-order chi connectivity index (χ0) is 10.2. The summed E-state index contributed by atoms with van der Waals surface area (Å²) >= 11 is 0. The maximum Gasteiger partial charge on any atom is 0.421 e. The second-order valence-corrected chi connectivity index (χ2v) is 2.43. The van der Waals surface area contributed by atoms with Crippen LogP contribution < -0.4 is 11.5 Å². The van der Waals surface area contributed by atoms with E-state index in [0.717, 1.165) is 0 Å². The van der Waals surface area contributed by atoms with Gasteiger partial charge in [-0.15, -0.1) is 0 Å². The molecule has 0 atom stereocenters. The van der Waals surface area contributed by atoms with Crippen molar-refractivity contribution in [1.29, 1.82) is 0 Å². The van der Waals surface area contributed by atoms with Gasteiger partial charge in [-0.25, -0.2) is 4.98 Å². The van der Waals surface area contributed by atoms with E-state index in [0.29, 0.717) is 0 Å². The molecule has 0 saturated heterocycles. The van der Waals surface area contributed by atoms with Crippen molar-refractivity contribution < 1.29 is 13.2 Å². The second kappa shape index (κ2) is 2.75. The smallest absolute Gasteiger partial charge is 0.383 e. The van der Waals surface area contributed by atoms with E-state index >= 15 is 0 Å². The van der Waals surface area contributed by atoms with Crippen molar-refractivity contribution in [2.24, 2.45) is 0 Å². The van der Waals surface area contributed by atoms with Crippen molar-refractivity contribution in [1.82, 2.24) is 9.97 Å². The Morgan fingerprint density at radius 1 is 1.15 bits per heavy atom. The van der Waals surface area contributed by atoms with Gasteiger partial charge in [0.15, 0.2) is 0 Å². The molecule has 1 heterocycles. The van der Waals surface area contributed by atoms with E-state index in [1.807, 2.05) is 0 Å². The van der Waals surface area contributed by atoms with Crippen LogP contribution in [0.1, 0.15) is 11.3 Å². The predicted octanol–water partition coefficient (Wildman–Crippen LogP) is 0.968. The molecule has 13 heavy (non-hydrogen) atoms. The molecule has 4 N–H and O–H groups in total. The van der Waals surface area contributed by atoms with Crippen LogP contribution in [0.15, 0.2) is 0 Å². The van der Waals surface area contributed by atoms with E-state index in [2.05, 4.69) is 9.97 Å². The molecule has 1 aromatic rings. The summed E-state index contributed by atoms with van der Waals surface area (Å²) in [5, 5.41) is 0. The van der Waals surface area contributed by atoms with Crippen LogP contribution in [0, 0.1) is 6.92 Å². The molecule has 0 aromatic carbocycles. The minimum absolute atomic E-state index is 0.261. The van der Waals surface area contributed by atoms with Gasteiger partial charge < -0.3 is 11.5 Å². The molecule has 1 rings (SSSR count). The van der Waals surface area contributed by atoms with Gasteiger partial charge in [0.1, 0.15) is 11.4 Å². The summed E-state index contributed by atoms with van der Waals surface area (Å²) in [5.74, 6) is -0.902. The van der Waals surface area contributed by atoms with Gasteiger partial charge in [-0.2, -0.15) is 18.2 Å². The van der Waals surface area contributed by atoms with E-state index in [1.165, 1.54) is 6.92 Å². The number of hydrogen-bond donors (Lipinski definition) is 2. The highest BCUT2D eigenvalue weighted by atomic mass is 19.4. The molecule has 4 nitrogen and oxygen atoms in total. The van der Waals surface area contributed by atoms with Crippen LogP contribution in [0.2, 0.25) is 0 Å². The van der Waals surface area contributed by atoms with Crippen LogP contribution >= 0.6 is 0 Å². The number of alkyl halides is 3. The number of rotatable bonds is 0. The van der Waals surface area contributed by atoms with E-state index < -0.39 is 17.6 Å². The lowest BCUT2D eigenvalue weighted by Gasteiger charge is -2.11. The molecule has 0 unspecified atom stereocenters. The maximum atomic E-state index is 12.2. The standard InChI is InChI=1S/C6H7F3N4/c1-2-3(6(7,8)9)4(10)13-5(11)12-2/h1H3,(H4,10,11,12,13). The first-order chi connectivity index (χ1) is 5.82. The summed E-state index contributed by atoms with van der Waals surface area (Å²) in [4.78, 5) is 6.59. The Kier molecular flexibility index (Phi) is 2.02. The monoisotopic (exact) mass is 192 g/mol. The normalized spacial score (nSPS) is 11.7. The molecular weight excluding hydrogens is 185 g/mol. The van der Waals surface area contributed by atoms with Crippen LogP contribution in [0.5, 0.6) is 0 Å². The number of aromatic nitrogens is 2. The SMILES string of the molecule is Cc1nc(N)nc(N)c1C(F)(F)F. The van der Waals surface area contributed by atoms with Crippen LogP contribution in [0.4, 0.5) is 24.9 Å². The minimum Gasteiger partial charge on any atom is -0.383 e. The Morgan fingerprint density at radius 2 is 1.69 bits per heavy atom. The largest absolute Gasteiger partial charge is 0.421 e. The highest BCUT2D eigenvalue weighted by Gasteiger charge is 2.36. The van der Waals surface area contributed by atoms with E-state index in [9.17, 15) is 13.2 Å². The van der Waals surface area contributed by atoms with Gasteiger partial charge >= 0.3 is 6.18 Å². The number of nitrogen functional groups attached to an aromatic ring is 2. The van der Waals surface area contributed by atoms with Gasteiger partial charge in [-0.1, -0.05) is 0 Å². The van der Waals surface area contributed by atoms with Gasteiger partial charge in [0.25, 0.3) is 0 Å². The van der Waals surface area contributed by atoms with Gasteiger partial charge in [0.2, 0.25) is 5.95 Å². The first-order valence-electron chi connectivity index (χ1n) is 3.29. The van der Waals surface area contributed by atoms with Crippen LogP contribution in [-0.4, -0.2) is 9.97 Å². The van der Waals surface area contributed by atoms with Crippen LogP contribution in [0.25, 0.3) is 0 Å². The topological polar surface area (TPSA) is 77.8 Å². The number of nitrogens with two attached hydrogens (primary N) is 2. The lowest BCUT2D eigenvalue weighted by Crippen LogP contribution is -2.15. The van der Waals surface area contributed by atoms with Crippen molar-refractivity contribution in [2.45, 2.75) is 13.1 Å². The fourth-order valence-electron chi connectivity index (χ4n) is 0.968. The quantitative estimate of drug-likeness (QED) is 0.641. The van der Waals surface area contributed by atoms with Gasteiger partial charge in [0.05, 0.1) is 5.69 Å². The third kappa shape index (κ3) is 1.79. The molecule has 72 valence electrons. The zero-order valence-corrected chi connectivity index (χ0v) is 6.68. The Balaban J connectivity index is 3.38. The molecular formula is C6H7F3N4. The van der Waals surface area contributed by atoms with E-state index in [4.69, 9.17) is 11.5 Å². The van der Waals surface area contributed by atoms with Crippen LogP contribution in [0.3, 0.4) is 0 Å². The zero-order valence-electron chi connectivity index (χ0n) is 6.68. The molecule has 0 bridgehead atoms. The summed E-state index contributed by atoms with van der Waals surface area (Å²) < 4.78 is 36.7. The molecule has 0 saturated carbocycles. The molecule has 7 heteroatoms. The molecule has 0 radical (unpaired) electrons. The average molecular weight is 192 g/mol. The molecule has 0 aliphatic heterocycles. The summed E-state index contributed by atoms with van der Waals surface area (Å²) in [5.41, 5.74) is 8.87. The Hall–Kier alpha value is -1.53. The molecule has 0 fully saturated rings. The summed E-state index contributed by atoms with van der Waals surface area (Å²) in [6, 6.07) is 0. The molecule has 0 aliphatic carbocycles. The Labute approximate surface area is 71.8 Å². The first kappa shape index (κ1) is 9.56. The lowest BCUT2D eigenvalue weighted by atomic mass is 10.2. The Morgan fingerprint density at radius 3 is 2.08 bits per heavy atom. The minimum atomic E-state index is -4.54. The van der Waals surface area contributed by atoms with Crippen molar-refractivity contribution in [2.75, 3.05) is 11.5 Å². The Bertz CT molecular complexity index is 310. The average Bonchev–Trinajstić information content (AvgIpc) is 1.78. The summed E-state index contributed by atoms with van der Waals surface area (Å²) in [6.07, 6.45) is -4.54. The number of nitrogens with zero attached hydrogens (tertiary/aromatic N) is 2. The lowest BCUT2D eigenvalue weighted by molar-refractivity contribution is -0.137. The fourth-order valence-corrected chi connectivity index (χ4v) is 0.968. The summed E-state index contributed by atoms with van der Waals surface area (Å²) in [7, 11) is 0. The number of hydrogen-bond acceptors (Lipinski definition) is 4. The molecule has 1 aromatic heterocycles. The highest BCUT2D eigenvalue weighted by molar-refractivity contribution is 5.47. The van der Waals surface area contributed by atoms with Crippen molar-refractivity contribution in [3.8, 4) is 0 Å². The van der Waals surface area contributed by atoms with Gasteiger partial charge in [0, 0.05) is 0 Å². The van der Waals surface area contributed by atoms with E-state index in [1.54, 1.807) is 0 Å². The third-order valence-corrected chi connectivity index (χ3v) is 1.42. The molecule has 0 spiro atoms. The van der Waals surface area contributed by atoms with Gasteiger partial charge in [-0.3, -0.25) is 0 Å². The number of aryl methyl sites for hydroxylation is 1. The fraction of sp³-hybridized carbons (Fsp3) is 0.333. The number of halogens is 3. The number of anilines is 2. The molecule has 0 amide bonds. The highest BCUT2D eigenvalue weighted by Crippen LogP contribution is 2.34. The molecule has 0 aliphatic rings. The predicted molar refractivity (Wildman–Crippen MR) is 40.6 cm³/mol. The van der Waals surface area contributed by atoms with Gasteiger partial charge in [-0.05, 0) is 6.92 Å². The maximum absolute atomic E-state index is 12.2. The first-order valence-corrected chi connectivity index (χ1v) is 3.29. The van der Waals surface area contributed by atoms with Crippen molar-refractivity contribution >= 4 is 11.8 Å². The summed E-state index contributed by atoms with van der Waals surface area (Å²) in [6.45, 7) is 1.18. The third-order valence-electron chi connectivity index (χ3n) is 1.42. The second-order valence-electron chi connectivity index (χ2n) is 2.43.